The van der Waals surface area contributed by atoms with Gasteiger partial charge in [-0.3, -0.25) is 0 Å². The summed E-state index contributed by atoms with van der Waals surface area (Å²) >= 11 is 0. The maximum atomic E-state index is 12.8. The average molecular weight is 330 g/mol. The average Bonchev–Trinajstić information content (AvgIpc) is 2.13. The third kappa shape index (κ3) is 5.38. The molecule has 3 nitrogen and oxygen atoms in total. The Hall–Kier alpha value is -0.0526. The Kier molecular flexibility index (Phi) is 7.56. The predicted octanol–water partition coefficient (Wildman–Crippen LogP) is -0.166. The van der Waals surface area contributed by atoms with E-state index in [2.05, 4.69) is 0 Å². The number of hydrogen-bond donors (Lipinski definition) is 0. The largest absolute Gasteiger partial charge is 1.00 e. The third-order valence-electron chi connectivity index (χ3n) is 2.01. The van der Waals surface area contributed by atoms with E-state index in [1.165, 1.54) is 0 Å². The second kappa shape index (κ2) is 6.81. The molecular formula is C7H7F8LiO3S. The third-order valence-corrected chi connectivity index (χ3v) is 2.91. The van der Waals surface area contributed by atoms with E-state index >= 15 is 0 Å². The first-order valence-corrected chi connectivity index (χ1v) is 5.95. The zero-order valence-electron chi connectivity index (χ0n) is 9.86. The summed E-state index contributed by atoms with van der Waals surface area (Å²) < 4.78 is 128. The van der Waals surface area contributed by atoms with Crippen molar-refractivity contribution < 1.29 is 67.0 Å². The van der Waals surface area contributed by atoms with Crippen LogP contribution in [0.4, 0.5) is 35.1 Å². The molecule has 0 bridgehead atoms. The van der Waals surface area contributed by atoms with Gasteiger partial charge in [-0.25, -0.2) is 12.8 Å². The van der Waals surface area contributed by atoms with Crippen LogP contribution in [-0.2, 0) is 10.1 Å². The van der Waals surface area contributed by atoms with Crippen LogP contribution < -0.4 is 18.9 Å². The second-order valence-electron chi connectivity index (χ2n) is 3.57. The molecule has 20 heavy (non-hydrogen) atoms. The number of rotatable bonds is 6. The van der Waals surface area contributed by atoms with Gasteiger partial charge in [0.2, 0.25) is 0 Å². The molecule has 1 atom stereocenters. The molecule has 0 heterocycles. The Bertz CT molecular complexity index is 407. The second-order valence-corrected chi connectivity index (χ2v) is 4.99. The van der Waals surface area contributed by atoms with Gasteiger partial charge in [0, 0.05) is 6.42 Å². The maximum absolute atomic E-state index is 12.8. The Morgan fingerprint density at radius 2 is 1.40 bits per heavy atom. The van der Waals surface area contributed by atoms with Gasteiger partial charge >= 0.3 is 36.2 Å². The molecule has 0 aromatic rings. The fourth-order valence-corrected chi connectivity index (χ4v) is 1.47. The summed E-state index contributed by atoms with van der Waals surface area (Å²) in [6.45, 7) is 0. The van der Waals surface area contributed by atoms with Crippen molar-refractivity contribution in [2.75, 3.05) is 0 Å². The van der Waals surface area contributed by atoms with E-state index in [-0.39, 0.29) is 18.9 Å². The van der Waals surface area contributed by atoms with Crippen molar-refractivity contribution in [1.29, 1.82) is 0 Å². The van der Waals surface area contributed by atoms with Crippen molar-refractivity contribution in [3.63, 3.8) is 0 Å². The molecule has 0 N–H and O–H groups in total. The molecule has 116 valence electrons. The maximum Gasteiger partial charge on any atom is 1.00 e. The van der Waals surface area contributed by atoms with Crippen molar-refractivity contribution in [2.45, 2.75) is 42.8 Å². The fourth-order valence-electron chi connectivity index (χ4n) is 1.01. The zero-order valence-corrected chi connectivity index (χ0v) is 10.7. The molecule has 0 rings (SSSR count). The van der Waals surface area contributed by atoms with E-state index in [0.717, 1.165) is 0 Å². The van der Waals surface area contributed by atoms with E-state index in [4.69, 9.17) is 0 Å². The summed E-state index contributed by atoms with van der Waals surface area (Å²) in [5.74, 6) is -5.90. The van der Waals surface area contributed by atoms with Gasteiger partial charge in [-0.05, 0) is 12.8 Å². The molecule has 0 aliphatic rings. The summed E-state index contributed by atoms with van der Waals surface area (Å²) in [5, 5.41) is -6.24. The molecule has 0 amide bonds. The standard InChI is InChI=1S/C7H8F8O3S.Li/c8-4(2-1-3-5(9,10)11)6(12,13)7(14,15)19(16,17)18;/h4H,1-3H2,(H,16,17,18);/q;+1/p-1. The van der Waals surface area contributed by atoms with E-state index in [1.807, 2.05) is 0 Å². The predicted molar refractivity (Wildman–Crippen MR) is 44.4 cm³/mol. The van der Waals surface area contributed by atoms with Crippen molar-refractivity contribution in [1.82, 2.24) is 0 Å². The van der Waals surface area contributed by atoms with Crippen molar-refractivity contribution in [3.05, 3.63) is 0 Å². The molecule has 0 aromatic heterocycles. The molecule has 0 aromatic carbocycles. The number of hydrogen-bond acceptors (Lipinski definition) is 3. The first kappa shape index (κ1) is 22.2. The molecule has 0 aliphatic carbocycles. The number of halogens is 8. The Balaban J connectivity index is 0. The molecule has 0 spiro atoms. The van der Waals surface area contributed by atoms with Crippen LogP contribution in [0.1, 0.15) is 19.3 Å². The Labute approximate surface area is 120 Å². The van der Waals surface area contributed by atoms with E-state index in [1.54, 1.807) is 0 Å². The van der Waals surface area contributed by atoms with Crippen molar-refractivity contribution in [3.8, 4) is 0 Å². The van der Waals surface area contributed by atoms with Crippen molar-refractivity contribution in [2.24, 2.45) is 0 Å². The minimum absolute atomic E-state index is 0. The van der Waals surface area contributed by atoms with Crippen LogP contribution in [0.5, 0.6) is 0 Å². The molecule has 1 unspecified atom stereocenters. The van der Waals surface area contributed by atoms with E-state index < -0.39 is 52.9 Å². The molecule has 0 fully saturated rings. The van der Waals surface area contributed by atoms with Gasteiger partial charge in [-0.1, -0.05) is 0 Å². The smallest absolute Gasteiger partial charge is 0.743 e. The van der Waals surface area contributed by atoms with Crippen LogP contribution in [0, 0.1) is 0 Å². The minimum Gasteiger partial charge on any atom is -0.743 e. The first-order valence-electron chi connectivity index (χ1n) is 4.55. The van der Waals surface area contributed by atoms with Crippen molar-refractivity contribution >= 4 is 10.1 Å². The van der Waals surface area contributed by atoms with Crippen LogP contribution in [0.15, 0.2) is 0 Å². The van der Waals surface area contributed by atoms with Gasteiger partial charge in [-0.2, -0.15) is 30.7 Å². The molecule has 13 heteroatoms. The van der Waals surface area contributed by atoms with Crippen LogP contribution in [0.3, 0.4) is 0 Å². The number of alkyl halides is 8. The van der Waals surface area contributed by atoms with Gasteiger partial charge in [0.25, 0.3) is 0 Å². The van der Waals surface area contributed by atoms with Crippen LogP contribution in [0.25, 0.3) is 0 Å². The molecule has 0 aliphatic heterocycles. The minimum atomic E-state index is -6.85. The molecular weight excluding hydrogens is 323 g/mol. The van der Waals surface area contributed by atoms with E-state index in [9.17, 15) is 48.1 Å². The fraction of sp³-hybridized carbons (Fsp3) is 1.00. The Morgan fingerprint density at radius 3 is 1.70 bits per heavy atom. The summed E-state index contributed by atoms with van der Waals surface area (Å²) in [6, 6.07) is 0. The van der Waals surface area contributed by atoms with Crippen LogP contribution in [0.2, 0.25) is 0 Å². The Morgan fingerprint density at radius 1 is 1.00 bits per heavy atom. The van der Waals surface area contributed by atoms with Crippen LogP contribution >= 0.6 is 0 Å². The zero-order chi connectivity index (χ0) is 15.7. The molecule has 0 radical (unpaired) electrons. The van der Waals surface area contributed by atoms with Gasteiger partial charge < -0.3 is 4.55 Å². The quantitative estimate of drug-likeness (QED) is 0.386. The topological polar surface area (TPSA) is 57.2 Å². The SMILES string of the molecule is O=S(=O)([O-])C(F)(F)C(F)(F)C(F)CCCC(F)(F)F.[Li+]. The summed E-state index contributed by atoms with van der Waals surface area (Å²) in [4.78, 5) is 0. The summed E-state index contributed by atoms with van der Waals surface area (Å²) in [6.07, 6.45) is -13.3. The monoisotopic (exact) mass is 330 g/mol. The molecule has 0 saturated heterocycles. The van der Waals surface area contributed by atoms with Gasteiger partial charge in [0.15, 0.2) is 16.3 Å². The van der Waals surface area contributed by atoms with Crippen LogP contribution in [-0.4, -0.2) is 36.5 Å². The van der Waals surface area contributed by atoms with Gasteiger partial charge in [-0.15, -0.1) is 0 Å². The molecule has 0 saturated carbocycles. The summed E-state index contributed by atoms with van der Waals surface area (Å²) in [7, 11) is -6.85. The van der Waals surface area contributed by atoms with Gasteiger partial charge in [0.05, 0.1) is 0 Å². The summed E-state index contributed by atoms with van der Waals surface area (Å²) in [5.41, 5.74) is 0. The van der Waals surface area contributed by atoms with Gasteiger partial charge in [0.1, 0.15) is 0 Å². The van der Waals surface area contributed by atoms with E-state index in [0.29, 0.717) is 0 Å². The first-order chi connectivity index (χ1) is 8.13. The normalized spacial score (nSPS) is 15.7.